The minimum Gasteiger partial charge on any atom is -0.444 e. The Morgan fingerprint density at radius 1 is 1.28 bits per heavy atom. The molecular formula is C19H25N3O3. The number of ether oxygens (including phenoxy) is 1. The summed E-state index contributed by atoms with van der Waals surface area (Å²) >= 11 is 0. The highest BCUT2D eigenvalue weighted by Gasteiger charge is 2.34. The standard InChI is InChI=1S/C19H25N3O3/c1-19(2,3)25-18(24)22-13-5-4-6-16(22)17(23)21-15-9-7-14(8-10-15)11-12-20/h7-10,16H,4-6,11,13H2,1-3H3,(H,21,23). The predicted molar refractivity (Wildman–Crippen MR) is 95.0 cm³/mol. The van der Waals surface area contributed by atoms with Crippen molar-refractivity contribution in [3.8, 4) is 6.07 Å². The summed E-state index contributed by atoms with van der Waals surface area (Å²) in [5.74, 6) is -0.210. The number of likely N-dealkylation sites (tertiary alicyclic amines) is 1. The normalized spacial score (nSPS) is 17.5. The third kappa shape index (κ3) is 5.49. The average Bonchev–Trinajstić information content (AvgIpc) is 2.55. The Balaban J connectivity index is 2.04. The second-order valence-corrected chi connectivity index (χ2v) is 7.21. The summed E-state index contributed by atoms with van der Waals surface area (Å²) < 4.78 is 5.43. The van der Waals surface area contributed by atoms with Gasteiger partial charge in [0.15, 0.2) is 0 Å². The quantitative estimate of drug-likeness (QED) is 0.911. The Bertz CT molecular complexity index is 656. The molecule has 1 fully saturated rings. The van der Waals surface area contributed by atoms with Gasteiger partial charge in [-0.05, 0) is 57.7 Å². The number of rotatable bonds is 3. The molecule has 134 valence electrons. The van der Waals surface area contributed by atoms with Gasteiger partial charge in [0.25, 0.3) is 0 Å². The van der Waals surface area contributed by atoms with Crippen molar-refractivity contribution in [2.75, 3.05) is 11.9 Å². The molecule has 1 saturated heterocycles. The molecule has 6 nitrogen and oxygen atoms in total. The molecule has 0 bridgehead atoms. The summed E-state index contributed by atoms with van der Waals surface area (Å²) in [7, 11) is 0. The molecule has 1 aromatic carbocycles. The SMILES string of the molecule is CC(C)(C)OC(=O)N1CCCCC1C(=O)Nc1ccc(CC#N)cc1. The van der Waals surface area contributed by atoms with Crippen LogP contribution in [0.4, 0.5) is 10.5 Å². The van der Waals surface area contributed by atoms with Gasteiger partial charge in [-0.2, -0.15) is 5.26 Å². The first-order chi connectivity index (χ1) is 11.8. The third-order valence-corrected chi connectivity index (χ3v) is 3.94. The molecule has 1 aliphatic heterocycles. The number of nitrogens with zero attached hydrogens (tertiary/aromatic N) is 2. The summed E-state index contributed by atoms with van der Waals surface area (Å²) in [5, 5.41) is 11.6. The smallest absolute Gasteiger partial charge is 0.410 e. The summed E-state index contributed by atoms with van der Waals surface area (Å²) in [5.41, 5.74) is 0.960. The molecule has 1 N–H and O–H groups in total. The number of benzene rings is 1. The summed E-state index contributed by atoms with van der Waals surface area (Å²) in [4.78, 5) is 26.6. The van der Waals surface area contributed by atoms with Gasteiger partial charge in [-0.15, -0.1) is 0 Å². The number of carbonyl (C=O) groups is 2. The number of piperidine rings is 1. The van der Waals surface area contributed by atoms with Crippen LogP contribution in [0.1, 0.15) is 45.6 Å². The number of hydrogen-bond acceptors (Lipinski definition) is 4. The number of hydrogen-bond donors (Lipinski definition) is 1. The molecule has 0 aromatic heterocycles. The van der Waals surface area contributed by atoms with Crippen LogP contribution in [0.3, 0.4) is 0 Å². The average molecular weight is 343 g/mol. The molecule has 0 spiro atoms. The molecule has 2 amide bonds. The molecule has 0 saturated carbocycles. The van der Waals surface area contributed by atoms with Gasteiger partial charge in [0.05, 0.1) is 12.5 Å². The molecule has 1 unspecified atom stereocenters. The summed E-state index contributed by atoms with van der Waals surface area (Å²) in [6.45, 7) is 5.96. The van der Waals surface area contributed by atoms with E-state index in [1.807, 2.05) is 32.9 Å². The Hall–Kier alpha value is -2.55. The Labute approximate surface area is 148 Å². The van der Waals surface area contributed by atoms with Gasteiger partial charge in [-0.25, -0.2) is 4.79 Å². The van der Waals surface area contributed by atoms with Crippen LogP contribution < -0.4 is 5.32 Å². The zero-order valence-electron chi connectivity index (χ0n) is 15.0. The van der Waals surface area contributed by atoms with Gasteiger partial charge in [-0.3, -0.25) is 9.69 Å². The van der Waals surface area contributed by atoms with Gasteiger partial charge in [0.2, 0.25) is 5.91 Å². The second-order valence-electron chi connectivity index (χ2n) is 7.21. The van der Waals surface area contributed by atoms with Gasteiger partial charge in [0, 0.05) is 12.2 Å². The van der Waals surface area contributed by atoms with Crippen molar-refractivity contribution in [2.24, 2.45) is 0 Å². The number of amides is 2. The van der Waals surface area contributed by atoms with Crippen molar-refractivity contribution >= 4 is 17.7 Å². The first-order valence-electron chi connectivity index (χ1n) is 8.56. The fourth-order valence-electron chi connectivity index (χ4n) is 2.77. The van der Waals surface area contributed by atoms with Crippen LogP contribution in [0.5, 0.6) is 0 Å². The van der Waals surface area contributed by atoms with E-state index in [2.05, 4.69) is 11.4 Å². The van der Waals surface area contributed by atoms with Crippen LogP contribution in [0, 0.1) is 11.3 Å². The van der Waals surface area contributed by atoms with Crippen molar-refractivity contribution in [3.63, 3.8) is 0 Å². The Kier molecular flexibility index (Phi) is 6.02. The molecular weight excluding hydrogens is 318 g/mol. The van der Waals surface area contributed by atoms with Crippen molar-refractivity contribution in [1.82, 2.24) is 4.90 Å². The van der Waals surface area contributed by atoms with E-state index in [4.69, 9.17) is 10.00 Å². The van der Waals surface area contributed by atoms with Crippen molar-refractivity contribution in [3.05, 3.63) is 29.8 Å². The van der Waals surface area contributed by atoms with Crippen LogP contribution in [0.25, 0.3) is 0 Å². The maximum atomic E-state index is 12.6. The molecule has 0 aliphatic carbocycles. The molecule has 2 rings (SSSR count). The Morgan fingerprint density at radius 2 is 1.96 bits per heavy atom. The van der Waals surface area contributed by atoms with E-state index in [1.54, 1.807) is 12.1 Å². The second kappa shape index (κ2) is 8.02. The molecule has 0 radical (unpaired) electrons. The third-order valence-electron chi connectivity index (χ3n) is 3.94. The molecule has 6 heteroatoms. The fraction of sp³-hybridized carbons (Fsp3) is 0.526. The zero-order chi connectivity index (χ0) is 18.4. The van der Waals surface area contributed by atoms with Gasteiger partial charge in [0.1, 0.15) is 11.6 Å². The van der Waals surface area contributed by atoms with E-state index in [0.29, 0.717) is 25.1 Å². The van der Waals surface area contributed by atoms with E-state index < -0.39 is 17.7 Å². The van der Waals surface area contributed by atoms with Gasteiger partial charge >= 0.3 is 6.09 Å². The van der Waals surface area contributed by atoms with Crippen LogP contribution in [-0.2, 0) is 16.0 Å². The monoisotopic (exact) mass is 343 g/mol. The lowest BCUT2D eigenvalue weighted by atomic mass is 10.0. The van der Waals surface area contributed by atoms with Crippen molar-refractivity contribution in [1.29, 1.82) is 5.26 Å². The molecule has 25 heavy (non-hydrogen) atoms. The number of nitrogens with one attached hydrogen (secondary N) is 1. The summed E-state index contributed by atoms with van der Waals surface area (Å²) in [6.07, 6.45) is 2.28. The topological polar surface area (TPSA) is 82.4 Å². The lowest BCUT2D eigenvalue weighted by Gasteiger charge is -2.35. The number of anilines is 1. The van der Waals surface area contributed by atoms with Crippen molar-refractivity contribution in [2.45, 2.75) is 58.1 Å². The number of carbonyl (C=O) groups excluding carboxylic acids is 2. The number of nitriles is 1. The minimum atomic E-state index is -0.591. The molecule has 1 aromatic rings. The highest BCUT2D eigenvalue weighted by Crippen LogP contribution is 2.22. The van der Waals surface area contributed by atoms with Crippen LogP contribution in [0.2, 0.25) is 0 Å². The van der Waals surface area contributed by atoms with Gasteiger partial charge < -0.3 is 10.1 Å². The lowest BCUT2D eigenvalue weighted by Crippen LogP contribution is -2.51. The molecule has 1 atom stereocenters. The Morgan fingerprint density at radius 3 is 2.56 bits per heavy atom. The molecule has 1 aliphatic rings. The predicted octanol–water partition coefficient (Wildman–Crippen LogP) is 3.48. The van der Waals surface area contributed by atoms with E-state index in [-0.39, 0.29) is 5.91 Å². The van der Waals surface area contributed by atoms with Crippen molar-refractivity contribution < 1.29 is 14.3 Å². The fourth-order valence-corrected chi connectivity index (χ4v) is 2.77. The highest BCUT2D eigenvalue weighted by molar-refractivity contribution is 5.96. The lowest BCUT2D eigenvalue weighted by molar-refractivity contribution is -0.122. The largest absolute Gasteiger partial charge is 0.444 e. The first-order valence-corrected chi connectivity index (χ1v) is 8.56. The maximum absolute atomic E-state index is 12.6. The van der Waals surface area contributed by atoms with Crippen LogP contribution >= 0.6 is 0 Å². The van der Waals surface area contributed by atoms with E-state index >= 15 is 0 Å². The minimum absolute atomic E-state index is 0.210. The van der Waals surface area contributed by atoms with Crippen LogP contribution in [-0.4, -0.2) is 35.1 Å². The van der Waals surface area contributed by atoms with E-state index in [0.717, 1.165) is 18.4 Å². The van der Waals surface area contributed by atoms with Crippen LogP contribution in [0.15, 0.2) is 24.3 Å². The van der Waals surface area contributed by atoms with E-state index in [9.17, 15) is 9.59 Å². The van der Waals surface area contributed by atoms with Gasteiger partial charge in [-0.1, -0.05) is 12.1 Å². The molecule has 1 heterocycles. The highest BCUT2D eigenvalue weighted by atomic mass is 16.6. The maximum Gasteiger partial charge on any atom is 0.410 e. The van der Waals surface area contributed by atoms with E-state index in [1.165, 1.54) is 4.90 Å². The zero-order valence-corrected chi connectivity index (χ0v) is 15.0. The first kappa shape index (κ1) is 18.8. The summed E-state index contributed by atoms with van der Waals surface area (Å²) in [6, 6.07) is 8.72.